The van der Waals surface area contributed by atoms with E-state index in [4.69, 9.17) is 11.6 Å². The van der Waals surface area contributed by atoms with Crippen LogP contribution in [0.2, 0.25) is 0 Å². The van der Waals surface area contributed by atoms with Crippen LogP contribution in [0.4, 0.5) is 5.95 Å². The van der Waals surface area contributed by atoms with E-state index in [0.29, 0.717) is 5.95 Å². The Bertz CT molecular complexity index is 259. The lowest BCUT2D eigenvalue weighted by molar-refractivity contribution is 0.668. The lowest BCUT2D eigenvalue weighted by atomic mass is 10.2. The molecule has 1 aromatic rings. The monoisotopic (exact) mass is 203 g/mol. The number of alkyl halides is 1. The van der Waals surface area contributed by atoms with Crippen LogP contribution in [-0.2, 0) is 7.05 Å². The maximum absolute atomic E-state index is 5.85. The van der Waals surface area contributed by atoms with Crippen molar-refractivity contribution in [3.05, 3.63) is 0 Å². The predicted octanol–water partition coefficient (Wildman–Crippen LogP) is 1.03. The van der Waals surface area contributed by atoms with Gasteiger partial charge in [0.1, 0.15) is 0 Å². The van der Waals surface area contributed by atoms with Gasteiger partial charge in [-0.25, -0.2) is 4.68 Å². The van der Waals surface area contributed by atoms with Crippen molar-refractivity contribution in [1.82, 2.24) is 20.2 Å². The van der Waals surface area contributed by atoms with E-state index in [2.05, 4.69) is 20.8 Å². The molecule has 1 N–H and O–H groups in total. The Morgan fingerprint density at radius 3 is 2.69 bits per heavy atom. The van der Waals surface area contributed by atoms with Crippen LogP contribution in [0.25, 0.3) is 0 Å². The van der Waals surface area contributed by atoms with Gasteiger partial charge in [0.25, 0.3) is 0 Å². The molecule has 6 heteroatoms. The molecule has 5 nitrogen and oxygen atoms in total. The van der Waals surface area contributed by atoms with Crippen LogP contribution < -0.4 is 5.32 Å². The van der Waals surface area contributed by atoms with Crippen LogP contribution in [0.1, 0.15) is 20.3 Å². The molecule has 0 saturated carbocycles. The van der Waals surface area contributed by atoms with E-state index in [0.717, 1.165) is 6.42 Å². The third kappa shape index (κ3) is 3.18. The molecule has 0 saturated heterocycles. The summed E-state index contributed by atoms with van der Waals surface area (Å²) >= 11 is 5.85. The average Bonchev–Trinajstić information content (AvgIpc) is 2.34. The molecule has 0 aliphatic rings. The van der Waals surface area contributed by atoms with Gasteiger partial charge in [0, 0.05) is 18.5 Å². The van der Waals surface area contributed by atoms with Crippen molar-refractivity contribution in [2.75, 3.05) is 5.32 Å². The Morgan fingerprint density at radius 2 is 2.23 bits per heavy atom. The molecule has 0 radical (unpaired) electrons. The first-order valence-electron chi connectivity index (χ1n) is 4.22. The second kappa shape index (κ2) is 4.41. The van der Waals surface area contributed by atoms with Crippen LogP contribution in [0.5, 0.6) is 0 Å². The number of rotatable bonds is 4. The van der Waals surface area contributed by atoms with Gasteiger partial charge in [-0.3, -0.25) is 0 Å². The van der Waals surface area contributed by atoms with Gasteiger partial charge in [0.15, 0.2) is 0 Å². The minimum Gasteiger partial charge on any atom is -0.351 e. The highest BCUT2D eigenvalue weighted by molar-refractivity contribution is 6.20. The Labute approximate surface area is 82.5 Å². The quantitative estimate of drug-likeness (QED) is 0.743. The third-order valence-corrected chi connectivity index (χ3v) is 1.85. The zero-order chi connectivity index (χ0) is 9.84. The summed E-state index contributed by atoms with van der Waals surface area (Å²) in [5, 5.41) is 14.4. The minimum atomic E-state index is 0.156. The molecule has 0 aliphatic carbocycles. The van der Waals surface area contributed by atoms with Gasteiger partial charge in [-0.2, -0.15) is 0 Å². The van der Waals surface area contributed by atoms with Crippen molar-refractivity contribution in [1.29, 1.82) is 0 Å². The molecule has 2 unspecified atom stereocenters. The Hall–Kier alpha value is -0.840. The highest BCUT2D eigenvalue weighted by Gasteiger charge is 2.09. The van der Waals surface area contributed by atoms with E-state index >= 15 is 0 Å². The predicted molar refractivity (Wildman–Crippen MR) is 51.8 cm³/mol. The highest BCUT2D eigenvalue weighted by Crippen LogP contribution is 2.08. The summed E-state index contributed by atoms with van der Waals surface area (Å²) in [6.07, 6.45) is 0.883. The molecule has 0 spiro atoms. The summed E-state index contributed by atoms with van der Waals surface area (Å²) in [6.45, 7) is 4.02. The molecule has 0 amide bonds. The SMILES string of the molecule is CC(Cl)CC(C)Nc1nnnn1C. The van der Waals surface area contributed by atoms with Crippen molar-refractivity contribution < 1.29 is 0 Å². The summed E-state index contributed by atoms with van der Waals surface area (Å²) in [7, 11) is 1.79. The maximum atomic E-state index is 5.85. The second-order valence-corrected chi connectivity index (χ2v) is 3.93. The number of anilines is 1. The van der Waals surface area contributed by atoms with Gasteiger partial charge in [-0.1, -0.05) is 5.10 Å². The van der Waals surface area contributed by atoms with Crippen molar-refractivity contribution >= 4 is 17.5 Å². The first-order chi connectivity index (χ1) is 6.09. The summed E-state index contributed by atoms with van der Waals surface area (Å²) in [5.74, 6) is 0.671. The number of hydrogen-bond donors (Lipinski definition) is 1. The Balaban J connectivity index is 2.45. The lowest BCUT2D eigenvalue weighted by Gasteiger charge is -2.14. The Kier molecular flexibility index (Phi) is 3.48. The van der Waals surface area contributed by atoms with E-state index in [1.807, 2.05) is 13.8 Å². The van der Waals surface area contributed by atoms with E-state index < -0.39 is 0 Å². The number of nitrogens with zero attached hydrogens (tertiary/aromatic N) is 4. The van der Waals surface area contributed by atoms with Crippen LogP contribution in [-0.4, -0.2) is 31.6 Å². The van der Waals surface area contributed by atoms with Gasteiger partial charge in [0.2, 0.25) is 5.95 Å². The van der Waals surface area contributed by atoms with Crippen molar-refractivity contribution in [2.45, 2.75) is 31.7 Å². The normalized spacial score (nSPS) is 15.4. The van der Waals surface area contributed by atoms with Gasteiger partial charge in [-0.15, -0.1) is 11.6 Å². The molecule has 1 rings (SSSR count). The fourth-order valence-corrected chi connectivity index (χ4v) is 1.39. The van der Waals surface area contributed by atoms with Crippen LogP contribution in [0, 0.1) is 0 Å². The van der Waals surface area contributed by atoms with Gasteiger partial charge < -0.3 is 5.32 Å². The molecule has 1 heterocycles. The molecule has 74 valence electrons. The summed E-state index contributed by atoms with van der Waals surface area (Å²) in [6, 6.07) is 0.275. The number of tetrazole rings is 1. The van der Waals surface area contributed by atoms with Crippen molar-refractivity contribution in [3.63, 3.8) is 0 Å². The number of nitrogens with one attached hydrogen (secondary N) is 1. The molecule has 2 atom stereocenters. The molecule has 0 fully saturated rings. The van der Waals surface area contributed by atoms with Crippen molar-refractivity contribution in [3.8, 4) is 0 Å². The standard InChI is InChI=1S/C7H14ClN5/c1-5(8)4-6(2)9-7-10-11-12-13(7)3/h5-6H,4H2,1-3H3,(H,9,10,12). The lowest BCUT2D eigenvalue weighted by Crippen LogP contribution is -2.20. The minimum absolute atomic E-state index is 0.156. The molecule has 0 bridgehead atoms. The Morgan fingerprint density at radius 1 is 1.54 bits per heavy atom. The molecule has 0 aromatic carbocycles. The fourth-order valence-electron chi connectivity index (χ4n) is 1.12. The summed E-state index contributed by atoms with van der Waals surface area (Å²) in [5.41, 5.74) is 0. The van der Waals surface area contributed by atoms with Gasteiger partial charge in [-0.05, 0) is 30.7 Å². The van der Waals surface area contributed by atoms with E-state index in [1.54, 1.807) is 11.7 Å². The molecule has 0 aliphatic heterocycles. The zero-order valence-corrected chi connectivity index (χ0v) is 8.78. The highest BCUT2D eigenvalue weighted by atomic mass is 35.5. The fraction of sp³-hybridized carbons (Fsp3) is 0.857. The van der Waals surface area contributed by atoms with E-state index in [1.165, 1.54) is 0 Å². The topological polar surface area (TPSA) is 55.6 Å². The number of aromatic nitrogens is 4. The number of hydrogen-bond acceptors (Lipinski definition) is 4. The smallest absolute Gasteiger partial charge is 0.242 e. The summed E-state index contributed by atoms with van der Waals surface area (Å²) < 4.78 is 1.59. The first-order valence-corrected chi connectivity index (χ1v) is 4.66. The molecule has 1 aromatic heterocycles. The zero-order valence-electron chi connectivity index (χ0n) is 8.03. The number of halogens is 1. The molecular weight excluding hydrogens is 190 g/mol. The second-order valence-electron chi connectivity index (χ2n) is 3.19. The van der Waals surface area contributed by atoms with Crippen LogP contribution in [0.3, 0.4) is 0 Å². The third-order valence-electron chi connectivity index (χ3n) is 1.67. The maximum Gasteiger partial charge on any atom is 0.242 e. The molecule has 13 heavy (non-hydrogen) atoms. The van der Waals surface area contributed by atoms with Gasteiger partial charge in [0.05, 0.1) is 0 Å². The van der Waals surface area contributed by atoms with Crippen molar-refractivity contribution in [2.24, 2.45) is 7.05 Å². The average molecular weight is 204 g/mol. The number of aryl methyl sites for hydroxylation is 1. The largest absolute Gasteiger partial charge is 0.351 e. The van der Waals surface area contributed by atoms with E-state index in [-0.39, 0.29) is 11.4 Å². The van der Waals surface area contributed by atoms with Crippen LogP contribution in [0.15, 0.2) is 0 Å². The van der Waals surface area contributed by atoms with Crippen LogP contribution >= 0.6 is 11.6 Å². The van der Waals surface area contributed by atoms with Gasteiger partial charge >= 0.3 is 0 Å². The molecular formula is C7H14ClN5. The first kappa shape index (κ1) is 10.2. The van der Waals surface area contributed by atoms with E-state index in [9.17, 15) is 0 Å². The summed E-state index contributed by atoms with van der Waals surface area (Å²) in [4.78, 5) is 0.